The first-order valence-corrected chi connectivity index (χ1v) is 7.78. The highest BCUT2D eigenvalue weighted by Gasteiger charge is 2.12. The van der Waals surface area contributed by atoms with Crippen LogP contribution in [0.15, 0.2) is 66.8 Å². The highest BCUT2D eigenvalue weighted by Crippen LogP contribution is 2.19. The van der Waals surface area contributed by atoms with Crippen molar-refractivity contribution in [1.82, 2.24) is 0 Å². The van der Waals surface area contributed by atoms with Crippen molar-refractivity contribution in [1.29, 1.82) is 0 Å². The molecular weight excluding hydrogens is 294 g/mol. The van der Waals surface area contributed by atoms with Crippen molar-refractivity contribution in [2.75, 3.05) is 0 Å². The van der Waals surface area contributed by atoms with Crippen molar-refractivity contribution < 1.29 is 0 Å². The summed E-state index contributed by atoms with van der Waals surface area (Å²) in [4.78, 5) is 0. The molecule has 0 aromatic heterocycles. The fourth-order valence-corrected chi connectivity index (χ4v) is 2.49. The SMILES string of the molecule is [B]c1c([B])c([B])c(/C(C)=C/C(=C\C=C)C(/C=C\C)=C/C=C)c([B])c1[B]. The van der Waals surface area contributed by atoms with Gasteiger partial charge in [-0.2, -0.15) is 0 Å². The molecule has 1 rings (SSSR count). The molecule has 0 atom stereocenters. The van der Waals surface area contributed by atoms with Gasteiger partial charge in [0.05, 0.1) is 0 Å². The minimum atomic E-state index is 0.203. The lowest BCUT2D eigenvalue weighted by molar-refractivity contribution is 1.51. The summed E-state index contributed by atoms with van der Waals surface area (Å²) in [5.74, 6) is 0. The van der Waals surface area contributed by atoms with Crippen LogP contribution < -0.4 is 27.3 Å². The quantitative estimate of drug-likeness (QED) is 0.507. The van der Waals surface area contributed by atoms with Crippen molar-refractivity contribution in [2.45, 2.75) is 13.8 Å². The van der Waals surface area contributed by atoms with Crippen molar-refractivity contribution in [3.8, 4) is 0 Å². The molecule has 0 aliphatic heterocycles. The Morgan fingerprint density at radius 3 is 1.64 bits per heavy atom. The Balaban J connectivity index is 3.64. The van der Waals surface area contributed by atoms with Crippen LogP contribution in [-0.2, 0) is 0 Å². The predicted molar refractivity (Wildman–Crippen MR) is 118 cm³/mol. The lowest BCUT2D eigenvalue weighted by Gasteiger charge is -2.22. The van der Waals surface area contributed by atoms with Crippen molar-refractivity contribution in [3.63, 3.8) is 0 Å². The summed E-state index contributed by atoms with van der Waals surface area (Å²) in [5, 5.41) is 0. The summed E-state index contributed by atoms with van der Waals surface area (Å²) >= 11 is 0. The van der Waals surface area contributed by atoms with Crippen LogP contribution in [0.1, 0.15) is 19.4 Å². The second kappa shape index (κ2) is 9.46. The van der Waals surface area contributed by atoms with E-state index >= 15 is 0 Å². The Kier molecular flexibility index (Phi) is 7.96. The Morgan fingerprint density at radius 1 is 0.760 bits per heavy atom. The Hall–Kier alpha value is -2.02. The van der Waals surface area contributed by atoms with Crippen LogP contribution >= 0.6 is 0 Å². The summed E-state index contributed by atoms with van der Waals surface area (Å²) in [5.41, 5.74) is 4.57. The van der Waals surface area contributed by atoms with Crippen LogP contribution in [0.5, 0.6) is 0 Å². The van der Waals surface area contributed by atoms with Crippen LogP contribution in [0.2, 0.25) is 0 Å². The van der Waals surface area contributed by atoms with E-state index in [0.29, 0.717) is 16.5 Å². The third kappa shape index (κ3) is 4.75. The van der Waals surface area contributed by atoms with Gasteiger partial charge in [0.15, 0.2) is 0 Å². The zero-order chi connectivity index (χ0) is 19.1. The molecule has 0 amide bonds. The standard InChI is InChI=1S/C20H17B5/c1-5-8-13(9-6-2)14(10-7-3)11-12(4)15-16(21)18(23)20(25)19(24)17(15)22/h5-11H,1,3H2,2,4H3/b9-6-,12-11+,13-8+,14-10+. The summed E-state index contributed by atoms with van der Waals surface area (Å²) in [6.45, 7) is 11.3. The topological polar surface area (TPSA) is 0 Å². The molecule has 0 N–H and O–H groups in total. The van der Waals surface area contributed by atoms with E-state index in [1.54, 1.807) is 12.2 Å². The predicted octanol–water partition coefficient (Wildman–Crippen LogP) is -0.140. The summed E-state index contributed by atoms with van der Waals surface area (Å²) in [6.07, 6.45) is 13.1. The average molecular weight is 311 g/mol. The molecule has 0 aliphatic carbocycles. The smallest absolute Gasteiger partial charge is 0.112 e. The maximum absolute atomic E-state index is 6.13. The van der Waals surface area contributed by atoms with E-state index in [1.807, 2.05) is 44.2 Å². The first kappa shape index (κ1) is 21.0. The minimum Gasteiger partial charge on any atom is -0.112 e. The van der Waals surface area contributed by atoms with Gasteiger partial charge >= 0.3 is 0 Å². The number of allylic oxidation sites excluding steroid dienone is 10. The fourth-order valence-electron chi connectivity index (χ4n) is 2.49. The molecule has 0 heterocycles. The Bertz CT molecular complexity index is 779. The van der Waals surface area contributed by atoms with E-state index in [0.717, 1.165) is 16.7 Å². The largest absolute Gasteiger partial charge is 0.113 e. The molecule has 112 valence electrons. The molecule has 0 nitrogen and oxygen atoms in total. The average Bonchev–Trinajstić information content (AvgIpc) is 2.58. The summed E-state index contributed by atoms with van der Waals surface area (Å²) in [7, 11) is 30.0. The maximum atomic E-state index is 6.13. The molecule has 25 heavy (non-hydrogen) atoms. The monoisotopic (exact) mass is 312 g/mol. The molecule has 1 aromatic carbocycles. The molecule has 0 bridgehead atoms. The third-order valence-electron chi connectivity index (χ3n) is 3.74. The van der Waals surface area contributed by atoms with E-state index in [-0.39, 0.29) is 16.4 Å². The van der Waals surface area contributed by atoms with Crippen molar-refractivity contribution >= 4 is 72.1 Å². The van der Waals surface area contributed by atoms with Gasteiger partial charge in [0, 0.05) is 0 Å². The molecule has 0 saturated heterocycles. The summed E-state index contributed by atoms with van der Waals surface area (Å²) < 4.78 is 0. The molecule has 0 saturated carbocycles. The molecular formula is C20H17B5. The number of hydrogen-bond acceptors (Lipinski definition) is 0. The van der Waals surface area contributed by atoms with Gasteiger partial charge in [0.2, 0.25) is 0 Å². The zero-order valence-corrected chi connectivity index (χ0v) is 14.8. The van der Waals surface area contributed by atoms with Gasteiger partial charge in [-0.25, -0.2) is 0 Å². The fraction of sp³-hybridized carbons (Fsp3) is 0.100. The first-order chi connectivity index (χ1) is 11.8. The van der Waals surface area contributed by atoms with Crippen LogP contribution in [0, 0.1) is 0 Å². The zero-order valence-electron chi connectivity index (χ0n) is 14.8. The number of hydrogen-bond donors (Lipinski definition) is 0. The highest BCUT2D eigenvalue weighted by molar-refractivity contribution is 6.67. The normalized spacial score (nSPS) is 13.3. The molecule has 5 heteroatoms. The van der Waals surface area contributed by atoms with E-state index in [4.69, 9.17) is 39.2 Å². The van der Waals surface area contributed by atoms with Gasteiger partial charge in [-0.3, -0.25) is 0 Å². The van der Waals surface area contributed by atoms with Gasteiger partial charge in [-0.05, 0) is 36.1 Å². The highest BCUT2D eigenvalue weighted by atomic mass is 14.1. The van der Waals surface area contributed by atoms with Crippen molar-refractivity contribution in [2.24, 2.45) is 0 Å². The van der Waals surface area contributed by atoms with E-state index in [9.17, 15) is 0 Å². The molecule has 0 fully saturated rings. The number of benzene rings is 1. The van der Waals surface area contributed by atoms with Gasteiger partial charge in [0.25, 0.3) is 0 Å². The second-order valence-corrected chi connectivity index (χ2v) is 5.49. The van der Waals surface area contributed by atoms with Crippen LogP contribution in [0.3, 0.4) is 0 Å². The van der Waals surface area contributed by atoms with Gasteiger partial charge < -0.3 is 0 Å². The third-order valence-corrected chi connectivity index (χ3v) is 3.74. The lowest BCUT2D eigenvalue weighted by Crippen LogP contribution is -2.56. The van der Waals surface area contributed by atoms with Gasteiger partial charge in [-0.1, -0.05) is 66.6 Å². The van der Waals surface area contributed by atoms with E-state index < -0.39 is 0 Å². The van der Waals surface area contributed by atoms with Crippen LogP contribution in [0.25, 0.3) is 5.57 Å². The molecule has 0 spiro atoms. The molecule has 0 unspecified atom stereocenters. The molecule has 10 radical (unpaired) electrons. The number of rotatable bonds is 6. The first-order valence-electron chi connectivity index (χ1n) is 7.78. The molecule has 1 aromatic rings. The summed E-state index contributed by atoms with van der Waals surface area (Å²) in [6, 6.07) is 0. The Morgan fingerprint density at radius 2 is 1.20 bits per heavy atom. The Labute approximate surface area is 158 Å². The van der Waals surface area contributed by atoms with Gasteiger partial charge in [-0.15, -0.1) is 16.4 Å². The van der Waals surface area contributed by atoms with E-state index in [2.05, 4.69) is 13.2 Å². The van der Waals surface area contributed by atoms with Crippen LogP contribution in [0.4, 0.5) is 0 Å². The van der Waals surface area contributed by atoms with Gasteiger partial charge in [0.1, 0.15) is 39.2 Å². The van der Waals surface area contributed by atoms with Crippen molar-refractivity contribution in [3.05, 3.63) is 72.4 Å². The molecule has 0 aliphatic rings. The second-order valence-electron chi connectivity index (χ2n) is 5.49. The maximum Gasteiger partial charge on any atom is 0.113 e. The van der Waals surface area contributed by atoms with Crippen LogP contribution in [-0.4, -0.2) is 39.2 Å². The minimum absolute atomic E-state index is 0.203. The van der Waals surface area contributed by atoms with E-state index in [1.165, 1.54) is 0 Å². The lowest BCUT2D eigenvalue weighted by atomic mass is 9.59.